The number of benzene rings is 2. The highest BCUT2D eigenvalue weighted by atomic mass is 79.9. The Morgan fingerprint density at radius 3 is 2.59 bits per heavy atom. The third-order valence-electron chi connectivity index (χ3n) is 3.73. The van der Waals surface area contributed by atoms with Crippen LogP contribution in [-0.4, -0.2) is 14.2 Å². The van der Waals surface area contributed by atoms with Gasteiger partial charge in [-0.1, -0.05) is 34.1 Å². The molecule has 0 spiro atoms. The lowest BCUT2D eigenvalue weighted by atomic mass is 10.0. The lowest BCUT2D eigenvalue weighted by Crippen LogP contribution is -1.91. The molecule has 0 saturated carbocycles. The van der Waals surface area contributed by atoms with Gasteiger partial charge >= 0.3 is 0 Å². The molecule has 2 aromatic carbocycles. The normalized spacial score (nSPS) is 16.8. The zero-order chi connectivity index (χ0) is 15.5. The fraction of sp³-hybridized carbons (Fsp3) is 0.222. The molecule has 0 saturated heterocycles. The van der Waals surface area contributed by atoms with Crippen LogP contribution in [0.15, 0.2) is 46.9 Å². The molecule has 3 nitrogen and oxygen atoms in total. The predicted molar refractivity (Wildman–Crippen MR) is 90.3 cm³/mol. The zero-order valence-corrected chi connectivity index (χ0v) is 14.1. The van der Waals surface area contributed by atoms with Crippen molar-refractivity contribution in [3.05, 3.63) is 63.6 Å². The van der Waals surface area contributed by atoms with Crippen molar-refractivity contribution in [1.29, 1.82) is 0 Å². The van der Waals surface area contributed by atoms with Gasteiger partial charge in [-0.25, -0.2) is 0 Å². The van der Waals surface area contributed by atoms with E-state index in [-0.39, 0.29) is 6.10 Å². The van der Waals surface area contributed by atoms with Gasteiger partial charge in [-0.05, 0) is 47.0 Å². The summed E-state index contributed by atoms with van der Waals surface area (Å²) >= 11 is 3.56. The van der Waals surface area contributed by atoms with Crippen LogP contribution in [0.1, 0.15) is 22.8 Å². The maximum atomic E-state index is 5.85. The molecule has 0 radical (unpaired) electrons. The van der Waals surface area contributed by atoms with E-state index in [4.69, 9.17) is 14.2 Å². The summed E-state index contributed by atoms with van der Waals surface area (Å²) in [5.41, 5.74) is 3.43. The molecular weight excluding hydrogens is 344 g/mol. The molecule has 1 unspecified atom stereocenters. The second kappa shape index (κ2) is 6.55. The fourth-order valence-corrected chi connectivity index (χ4v) is 2.89. The smallest absolute Gasteiger partial charge is 0.119 e. The van der Waals surface area contributed by atoms with Gasteiger partial charge in [0.25, 0.3) is 0 Å². The van der Waals surface area contributed by atoms with Crippen molar-refractivity contribution >= 4 is 22.0 Å². The molecule has 0 amide bonds. The van der Waals surface area contributed by atoms with Gasteiger partial charge in [-0.3, -0.25) is 0 Å². The summed E-state index contributed by atoms with van der Waals surface area (Å²) in [4.78, 5) is 0. The highest BCUT2D eigenvalue weighted by Crippen LogP contribution is 2.35. The van der Waals surface area contributed by atoms with E-state index in [0.29, 0.717) is 6.61 Å². The standard InChI is InChI=1S/C18H17BrO3/c1-20-14-4-6-16-13(10-14)11-22-18(16)8-3-12-9-15(21-2)5-7-17(12)19/h3-10,18H,11H2,1-2H3/b8-3+. The molecule has 1 heterocycles. The minimum atomic E-state index is -0.0287. The van der Waals surface area contributed by atoms with Gasteiger partial charge in [0.2, 0.25) is 0 Å². The highest BCUT2D eigenvalue weighted by Gasteiger charge is 2.21. The number of rotatable bonds is 4. The van der Waals surface area contributed by atoms with Crippen molar-refractivity contribution in [2.45, 2.75) is 12.7 Å². The van der Waals surface area contributed by atoms with Gasteiger partial charge < -0.3 is 14.2 Å². The van der Waals surface area contributed by atoms with Crippen molar-refractivity contribution in [3.63, 3.8) is 0 Å². The Bertz CT molecular complexity index is 709. The van der Waals surface area contributed by atoms with E-state index in [1.54, 1.807) is 14.2 Å². The Kier molecular flexibility index (Phi) is 4.50. The highest BCUT2D eigenvalue weighted by molar-refractivity contribution is 9.10. The number of methoxy groups -OCH3 is 2. The Morgan fingerprint density at radius 2 is 1.82 bits per heavy atom. The van der Waals surface area contributed by atoms with Crippen LogP contribution in [0.5, 0.6) is 11.5 Å². The first-order valence-electron chi connectivity index (χ1n) is 7.01. The molecule has 0 N–H and O–H groups in total. The summed E-state index contributed by atoms with van der Waals surface area (Å²) in [6.07, 6.45) is 4.09. The van der Waals surface area contributed by atoms with Crippen LogP contribution in [0.25, 0.3) is 6.08 Å². The predicted octanol–water partition coefficient (Wildman–Crippen LogP) is 4.75. The average molecular weight is 361 g/mol. The van der Waals surface area contributed by atoms with E-state index in [1.165, 1.54) is 11.1 Å². The monoisotopic (exact) mass is 360 g/mol. The van der Waals surface area contributed by atoms with Gasteiger partial charge in [0.1, 0.15) is 17.6 Å². The van der Waals surface area contributed by atoms with E-state index in [2.05, 4.69) is 34.1 Å². The van der Waals surface area contributed by atoms with E-state index in [1.807, 2.05) is 30.3 Å². The van der Waals surface area contributed by atoms with Gasteiger partial charge in [-0.2, -0.15) is 0 Å². The molecule has 3 rings (SSSR count). The van der Waals surface area contributed by atoms with Gasteiger partial charge in [-0.15, -0.1) is 0 Å². The summed E-state index contributed by atoms with van der Waals surface area (Å²) in [6.45, 7) is 0.612. The number of ether oxygens (including phenoxy) is 3. The molecule has 1 aliphatic heterocycles. The van der Waals surface area contributed by atoms with Crippen LogP contribution in [0.4, 0.5) is 0 Å². The summed E-state index contributed by atoms with van der Waals surface area (Å²) in [5.74, 6) is 1.70. The number of hydrogen-bond acceptors (Lipinski definition) is 3. The first-order chi connectivity index (χ1) is 10.7. The zero-order valence-electron chi connectivity index (χ0n) is 12.5. The maximum Gasteiger partial charge on any atom is 0.119 e. The summed E-state index contributed by atoms with van der Waals surface area (Å²) in [7, 11) is 3.34. The average Bonchev–Trinajstić information content (AvgIpc) is 2.96. The molecule has 1 atom stereocenters. The van der Waals surface area contributed by atoms with Crippen LogP contribution in [-0.2, 0) is 11.3 Å². The van der Waals surface area contributed by atoms with E-state index >= 15 is 0 Å². The lowest BCUT2D eigenvalue weighted by Gasteiger charge is -2.07. The third-order valence-corrected chi connectivity index (χ3v) is 4.45. The largest absolute Gasteiger partial charge is 0.497 e. The lowest BCUT2D eigenvalue weighted by molar-refractivity contribution is 0.0996. The Morgan fingerprint density at radius 1 is 1.09 bits per heavy atom. The Balaban J connectivity index is 1.84. The first kappa shape index (κ1) is 15.1. The summed E-state index contributed by atoms with van der Waals surface area (Å²) in [6, 6.07) is 12.0. The van der Waals surface area contributed by atoms with Crippen molar-refractivity contribution in [3.8, 4) is 11.5 Å². The van der Waals surface area contributed by atoms with Crippen molar-refractivity contribution in [1.82, 2.24) is 0 Å². The Labute approximate surface area is 138 Å². The van der Waals surface area contributed by atoms with Crippen molar-refractivity contribution in [2.75, 3.05) is 14.2 Å². The summed E-state index contributed by atoms with van der Waals surface area (Å²) in [5, 5.41) is 0. The third kappa shape index (κ3) is 3.03. The van der Waals surface area contributed by atoms with Crippen LogP contribution >= 0.6 is 15.9 Å². The number of fused-ring (bicyclic) bond motifs is 1. The van der Waals surface area contributed by atoms with Crippen molar-refractivity contribution < 1.29 is 14.2 Å². The molecule has 114 valence electrons. The molecule has 2 aromatic rings. The number of halogens is 1. The second-order valence-electron chi connectivity index (χ2n) is 5.04. The van der Waals surface area contributed by atoms with Crippen LogP contribution in [0.2, 0.25) is 0 Å². The molecule has 1 aliphatic rings. The minimum Gasteiger partial charge on any atom is -0.497 e. The van der Waals surface area contributed by atoms with Gasteiger partial charge in [0.05, 0.1) is 20.8 Å². The van der Waals surface area contributed by atoms with Crippen LogP contribution in [0, 0.1) is 0 Å². The summed E-state index contributed by atoms with van der Waals surface area (Å²) < 4.78 is 17.4. The number of hydrogen-bond donors (Lipinski definition) is 0. The molecule has 22 heavy (non-hydrogen) atoms. The molecule has 0 aromatic heterocycles. The molecule has 0 fully saturated rings. The SMILES string of the molecule is COc1ccc(Br)c(/C=C/C2OCc3cc(OC)ccc32)c1. The van der Waals surface area contributed by atoms with E-state index < -0.39 is 0 Å². The minimum absolute atomic E-state index is 0.0287. The van der Waals surface area contributed by atoms with Gasteiger partial charge in [0.15, 0.2) is 0 Å². The second-order valence-corrected chi connectivity index (χ2v) is 5.90. The topological polar surface area (TPSA) is 27.7 Å². The molecule has 4 heteroatoms. The maximum absolute atomic E-state index is 5.85. The molecule has 0 aliphatic carbocycles. The van der Waals surface area contributed by atoms with Crippen LogP contribution < -0.4 is 9.47 Å². The van der Waals surface area contributed by atoms with Crippen LogP contribution in [0.3, 0.4) is 0 Å². The fourth-order valence-electron chi connectivity index (χ4n) is 2.51. The van der Waals surface area contributed by atoms with Crippen molar-refractivity contribution in [2.24, 2.45) is 0 Å². The molecular formula is C18H17BrO3. The quantitative estimate of drug-likeness (QED) is 0.787. The first-order valence-corrected chi connectivity index (χ1v) is 7.80. The van der Waals surface area contributed by atoms with Gasteiger partial charge in [0, 0.05) is 4.47 Å². The molecule has 0 bridgehead atoms. The van der Waals surface area contributed by atoms with E-state index in [9.17, 15) is 0 Å². The van der Waals surface area contributed by atoms with E-state index in [0.717, 1.165) is 21.5 Å². The Hall–Kier alpha value is -1.78.